The largest absolute Gasteiger partial charge is 0.465 e. The number of anilines is 1. The molecule has 0 spiro atoms. The molecule has 2 heterocycles. The molecule has 3 aromatic rings. The number of esters is 1. The number of ether oxygens (including phenoxy) is 1. The lowest BCUT2D eigenvalue weighted by Crippen LogP contribution is -2.14. The van der Waals surface area contributed by atoms with Crippen molar-refractivity contribution in [2.45, 2.75) is 13.3 Å². The highest BCUT2D eigenvalue weighted by Crippen LogP contribution is 2.28. The van der Waals surface area contributed by atoms with Crippen molar-refractivity contribution < 1.29 is 14.3 Å². The summed E-state index contributed by atoms with van der Waals surface area (Å²) in [5.41, 5.74) is 2.75. The molecule has 1 aromatic carbocycles. The average Bonchev–Trinajstić information content (AvgIpc) is 3.02. The molecule has 0 saturated heterocycles. The first-order chi connectivity index (χ1) is 12.6. The van der Waals surface area contributed by atoms with Crippen molar-refractivity contribution in [2.75, 3.05) is 12.4 Å². The lowest BCUT2D eigenvalue weighted by Gasteiger charge is -2.06. The fourth-order valence-electron chi connectivity index (χ4n) is 2.40. The Labute approximate surface area is 154 Å². The number of carbonyl (C=O) groups excluding carboxylic acids is 2. The molecule has 6 nitrogen and oxygen atoms in total. The van der Waals surface area contributed by atoms with Crippen LogP contribution in [0.2, 0.25) is 0 Å². The Morgan fingerprint density at radius 3 is 2.69 bits per heavy atom. The van der Waals surface area contributed by atoms with Crippen molar-refractivity contribution in [3.8, 4) is 10.6 Å². The fraction of sp³-hybridized carbons (Fsp3) is 0.158. The summed E-state index contributed by atoms with van der Waals surface area (Å²) >= 11 is 1.49. The third-order valence-electron chi connectivity index (χ3n) is 3.71. The monoisotopic (exact) mass is 367 g/mol. The highest BCUT2D eigenvalue weighted by molar-refractivity contribution is 7.15. The Balaban J connectivity index is 1.71. The molecule has 7 heteroatoms. The van der Waals surface area contributed by atoms with E-state index in [1.54, 1.807) is 36.7 Å². The molecule has 0 radical (unpaired) electrons. The minimum absolute atomic E-state index is 0.167. The van der Waals surface area contributed by atoms with E-state index in [4.69, 9.17) is 0 Å². The number of rotatable bonds is 5. The number of nitrogens with one attached hydrogen (secondary N) is 1. The molecule has 132 valence electrons. The number of aryl methyl sites for hydroxylation is 1. The fourth-order valence-corrected chi connectivity index (χ4v) is 3.47. The molecule has 26 heavy (non-hydrogen) atoms. The van der Waals surface area contributed by atoms with Crippen LogP contribution in [-0.2, 0) is 16.0 Å². The Morgan fingerprint density at radius 1 is 1.19 bits per heavy atom. The number of thiazole rings is 1. The standard InChI is InChI=1S/C19H17N3O3S/c1-12-16(26-18(21-12)13-6-8-20-9-7-13)11-17(23)22-15-5-3-4-14(10-15)19(24)25-2/h3-10H,11H2,1-2H3,(H,22,23). The van der Waals surface area contributed by atoms with Crippen molar-refractivity contribution in [1.82, 2.24) is 9.97 Å². The van der Waals surface area contributed by atoms with E-state index in [0.29, 0.717) is 11.3 Å². The maximum atomic E-state index is 12.4. The molecule has 1 N–H and O–H groups in total. The van der Waals surface area contributed by atoms with Gasteiger partial charge in [0.15, 0.2) is 0 Å². The molecule has 2 aromatic heterocycles. The molecule has 0 aliphatic carbocycles. The van der Waals surface area contributed by atoms with Crippen LogP contribution in [0, 0.1) is 6.92 Å². The van der Waals surface area contributed by atoms with E-state index in [0.717, 1.165) is 21.1 Å². The molecule has 0 bridgehead atoms. The van der Waals surface area contributed by atoms with Crippen LogP contribution in [-0.4, -0.2) is 29.0 Å². The van der Waals surface area contributed by atoms with Crippen LogP contribution in [0.1, 0.15) is 20.9 Å². The summed E-state index contributed by atoms with van der Waals surface area (Å²) < 4.78 is 4.69. The molecule has 3 rings (SSSR count). The van der Waals surface area contributed by atoms with Crippen LogP contribution in [0.15, 0.2) is 48.8 Å². The van der Waals surface area contributed by atoms with E-state index < -0.39 is 5.97 Å². The predicted octanol–water partition coefficient (Wildman–Crippen LogP) is 3.48. The second-order valence-corrected chi connectivity index (χ2v) is 6.64. The van der Waals surface area contributed by atoms with Gasteiger partial charge in [-0.15, -0.1) is 11.3 Å². The molecule has 0 aliphatic rings. The maximum Gasteiger partial charge on any atom is 0.337 e. The number of amides is 1. The van der Waals surface area contributed by atoms with Gasteiger partial charge in [0.05, 0.1) is 24.8 Å². The minimum atomic E-state index is -0.443. The van der Waals surface area contributed by atoms with Crippen LogP contribution in [0.25, 0.3) is 10.6 Å². The highest BCUT2D eigenvalue weighted by atomic mass is 32.1. The zero-order valence-electron chi connectivity index (χ0n) is 14.4. The molecule has 0 aliphatic heterocycles. The van der Waals surface area contributed by atoms with Gasteiger partial charge in [-0.05, 0) is 37.3 Å². The first kappa shape index (κ1) is 17.8. The van der Waals surface area contributed by atoms with Gasteiger partial charge in [0.1, 0.15) is 5.01 Å². The van der Waals surface area contributed by atoms with Gasteiger partial charge in [-0.2, -0.15) is 0 Å². The van der Waals surface area contributed by atoms with Gasteiger partial charge in [-0.25, -0.2) is 9.78 Å². The smallest absolute Gasteiger partial charge is 0.337 e. The summed E-state index contributed by atoms with van der Waals surface area (Å²) in [4.78, 5) is 33.4. The highest BCUT2D eigenvalue weighted by Gasteiger charge is 2.14. The Kier molecular flexibility index (Phi) is 5.38. The normalized spacial score (nSPS) is 10.4. The van der Waals surface area contributed by atoms with Crippen LogP contribution in [0.5, 0.6) is 0 Å². The number of pyridine rings is 1. The van der Waals surface area contributed by atoms with E-state index in [9.17, 15) is 9.59 Å². The van der Waals surface area contributed by atoms with Crippen molar-refractivity contribution >= 4 is 28.9 Å². The zero-order chi connectivity index (χ0) is 18.5. The van der Waals surface area contributed by atoms with E-state index in [-0.39, 0.29) is 12.3 Å². The van der Waals surface area contributed by atoms with Crippen LogP contribution in [0.4, 0.5) is 5.69 Å². The van der Waals surface area contributed by atoms with Gasteiger partial charge in [-0.3, -0.25) is 9.78 Å². The van der Waals surface area contributed by atoms with Crippen molar-refractivity contribution in [2.24, 2.45) is 0 Å². The number of benzene rings is 1. The first-order valence-electron chi connectivity index (χ1n) is 7.91. The van der Waals surface area contributed by atoms with Gasteiger partial charge >= 0.3 is 5.97 Å². The van der Waals surface area contributed by atoms with Crippen molar-refractivity contribution in [3.63, 3.8) is 0 Å². The Bertz CT molecular complexity index is 938. The van der Waals surface area contributed by atoms with Crippen LogP contribution < -0.4 is 5.32 Å². The molecule has 0 atom stereocenters. The van der Waals surface area contributed by atoms with Gasteiger partial charge < -0.3 is 10.1 Å². The Morgan fingerprint density at radius 2 is 1.96 bits per heavy atom. The van der Waals surface area contributed by atoms with Crippen molar-refractivity contribution in [1.29, 1.82) is 0 Å². The molecular weight excluding hydrogens is 350 g/mol. The molecule has 0 saturated carbocycles. The van der Waals surface area contributed by atoms with Gasteiger partial charge in [0.2, 0.25) is 5.91 Å². The van der Waals surface area contributed by atoms with E-state index in [1.165, 1.54) is 18.4 Å². The lowest BCUT2D eigenvalue weighted by molar-refractivity contribution is -0.115. The Hall–Kier alpha value is -3.06. The average molecular weight is 367 g/mol. The second-order valence-electron chi connectivity index (χ2n) is 5.56. The maximum absolute atomic E-state index is 12.4. The summed E-state index contributed by atoms with van der Waals surface area (Å²) in [6.07, 6.45) is 3.65. The summed E-state index contributed by atoms with van der Waals surface area (Å²) in [6.45, 7) is 1.89. The second kappa shape index (κ2) is 7.88. The number of methoxy groups -OCH3 is 1. The third kappa shape index (κ3) is 4.12. The van der Waals surface area contributed by atoms with Gasteiger partial charge in [-0.1, -0.05) is 6.07 Å². The van der Waals surface area contributed by atoms with E-state index >= 15 is 0 Å². The predicted molar refractivity (Wildman–Crippen MR) is 100 cm³/mol. The van der Waals surface area contributed by atoms with Gasteiger partial charge in [0, 0.05) is 28.5 Å². The lowest BCUT2D eigenvalue weighted by atomic mass is 10.2. The van der Waals surface area contributed by atoms with Crippen LogP contribution in [0.3, 0.4) is 0 Å². The summed E-state index contributed by atoms with van der Waals surface area (Å²) in [7, 11) is 1.32. The number of nitrogens with zero attached hydrogens (tertiary/aromatic N) is 2. The SMILES string of the molecule is COC(=O)c1cccc(NC(=O)Cc2sc(-c3ccncc3)nc2C)c1. The summed E-state index contributed by atoms with van der Waals surface area (Å²) in [5.74, 6) is -0.610. The molecule has 0 unspecified atom stereocenters. The zero-order valence-corrected chi connectivity index (χ0v) is 15.2. The number of hydrogen-bond donors (Lipinski definition) is 1. The minimum Gasteiger partial charge on any atom is -0.465 e. The van der Waals surface area contributed by atoms with Gasteiger partial charge in [0.25, 0.3) is 0 Å². The molecular formula is C19H17N3O3S. The first-order valence-corrected chi connectivity index (χ1v) is 8.73. The molecule has 0 fully saturated rings. The number of hydrogen-bond acceptors (Lipinski definition) is 6. The third-order valence-corrected chi connectivity index (χ3v) is 4.91. The van der Waals surface area contributed by atoms with Crippen molar-refractivity contribution in [3.05, 3.63) is 64.9 Å². The van der Waals surface area contributed by atoms with Crippen LogP contribution >= 0.6 is 11.3 Å². The quantitative estimate of drug-likeness (QED) is 0.698. The topological polar surface area (TPSA) is 81.2 Å². The summed E-state index contributed by atoms with van der Waals surface area (Å²) in [5, 5.41) is 3.67. The number of carbonyl (C=O) groups is 2. The summed E-state index contributed by atoms with van der Waals surface area (Å²) in [6, 6.07) is 10.4. The van der Waals surface area contributed by atoms with E-state index in [1.807, 2.05) is 19.1 Å². The molecule has 1 amide bonds. The number of aromatic nitrogens is 2. The van der Waals surface area contributed by atoms with E-state index in [2.05, 4.69) is 20.0 Å².